The van der Waals surface area contributed by atoms with Crippen LogP contribution in [0.5, 0.6) is 0 Å². The van der Waals surface area contributed by atoms with Gasteiger partial charge < -0.3 is 21.1 Å². The summed E-state index contributed by atoms with van der Waals surface area (Å²) in [6.07, 6.45) is 1.11. The van der Waals surface area contributed by atoms with E-state index < -0.39 is 11.9 Å². The summed E-state index contributed by atoms with van der Waals surface area (Å²) >= 11 is 0. The van der Waals surface area contributed by atoms with Crippen molar-refractivity contribution in [3.05, 3.63) is 0 Å². The number of nitrogens with zero attached hydrogens (tertiary/aromatic N) is 1. The Morgan fingerprint density at radius 1 is 1.71 bits per heavy atom. The van der Waals surface area contributed by atoms with Gasteiger partial charge in [-0.1, -0.05) is 0 Å². The van der Waals surface area contributed by atoms with Crippen LogP contribution in [-0.2, 0) is 9.53 Å². The summed E-state index contributed by atoms with van der Waals surface area (Å²) in [4.78, 5) is 12.9. The zero-order valence-corrected chi connectivity index (χ0v) is 8.61. The zero-order chi connectivity index (χ0) is 10.6. The summed E-state index contributed by atoms with van der Waals surface area (Å²) in [5.41, 5.74) is 10.7. The fraction of sp³-hybridized carbons (Fsp3) is 0.889. The molecule has 1 saturated heterocycles. The number of carbonyl (C=O) groups is 1. The van der Waals surface area contributed by atoms with Crippen LogP contribution in [0.25, 0.3) is 0 Å². The number of amides is 1. The SMILES string of the molecule is COCC1CCN(CC(N)C(N)=O)C1. The molecule has 0 saturated carbocycles. The Kier molecular flexibility index (Phi) is 4.31. The van der Waals surface area contributed by atoms with Crippen molar-refractivity contribution in [2.24, 2.45) is 17.4 Å². The van der Waals surface area contributed by atoms with Crippen LogP contribution in [0.1, 0.15) is 6.42 Å². The van der Waals surface area contributed by atoms with Crippen LogP contribution < -0.4 is 11.5 Å². The van der Waals surface area contributed by atoms with E-state index in [-0.39, 0.29) is 0 Å². The highest BCUT2D eigenvalue weighted by Crippen LogP contribution is 2.15. The molecule has 4 N–H and O–H groups in total. The lowest BCUT2D eigenvalue weighted by molar-refractivity contribution is -0.119. The lowest BCUT2D eigenvalue weighted by Crippen LogP contribution is -2.45. The van der Waals surface area contributed by atoms with Gasteiger partial charge in [0, 0.05) is 20.2 Å². The largest absolute Gasteiger partial charge is 0.384 e. The molecule has 82 valence electrons. The first kappa shape index (κ1) is 11.4. The molecule has 0 aliphatic carbocycles. The minimum Gasteiger partial charge on any atom is -0.384 e. The van der Waals surface area contributed by atoms with Crippen molar-refractivity contribution in [3.63, 3.8) is 0 Å². The number of methoxy groups -OCH3 is 1. The molecule has 1 aliphatic heterocycles. The lowest BCUT2D eigenvalue weighted by atomic mass is 10.1. The smallest absolute Gasteiger partial charge is 0.235 e. The Morgan fingerprint density at radius 3 is 3.00 bits per heavy atom. The van der Waals surface area contributed by atoms with Gasteiger partial charge in [-0.3, -0.25) is 4.79 Å². The molecule has 5 nitrogen and oxygen atoms in total. The van der Waals surface area contributed by atoms with E-state index in [1.165, 1.54) is 0 Å². The summed E-state index contributed by atoms with van der Waals surface area (Å²) in [5, 5.41) is 0. The standard InChI is InChI=1S/C9H19N3O2/c1-14-6-7-2-3-12(4-7)5-8(10)9(11)13/h7-8H,2-6,10H2,1H3,(H2,11,13). The fourth-order valence-electron chi connectivity index (χ4n) is 1.82. The van der Waals surface area contributed by atoms with Gasteiger partial charge in [0.2, 0.25) is 5.91 Å². The van der Waals surface area contributed by atoms with Crippen LogP contribution in [0.15, 0.2) is 0 Å². The fourth-order valence-corrected chi connectivity index (χ4v) is 1.82. The van der Waals surface area contributed by atoms with E-state index in [9.17, 15) is 4.79 Å². The third-order valence-electron chi connectivity index (χ3n) is 2.59. The van der Waals surface area contributed by atoms with E-state index in [2.05, 4.69) is 4.90 Å². The molecule has 1 rings (SSSR count). The second-order valence-corrected chi connectivity index (χ2v) is 3.88. The number of hydrogen-bond donors (Lipinski definition) is 2. The van der Waals surface area contributed by atoms with Crippen molar-refractivity contribution in [2.75, 3.05) is 33.4 Å². The molecule has 14 heavy (non-hydrogen) atoms. The highest BCUT2D eigenvalue weighted by Gasteiger charge is 2.24. The molecule has 0 bridgehead atoms. The average molecular weight is 201 g/mol. The van der Waals surface area contributed by atoms with E-state index in [1.807, 2.05) is 0 Å². The molecule has 1 fully saturated rings. The van der Waals surface area contributed by atoms with Gasteiger partial charge in [0.15, 0.2) is 0 Å². The Hall–Kier alpha value is -0.650. The van der Waals surface area contributed by atoms with E-state index >= 15 is 0 Å². The van der Waals surface area contributed by atoms with Gasteiger partial charge in [-0.2, -0.15) is 0 Å². The van der Waals surface area contributed by atoms with Crippen molar-refractivity contribution in [1.82, 2.24) is 4.90 Å². The summed E-state index contributed by atoms with van der Waals surface area (Å²) < 4.78 is 5.08. The first-order valence-electron chi connectivity index (χ1n) is 4.89. The molecule has 0 aromatic rings. The third-order valence-corrected chi connectivity index (χ3v) is 2.59. The summed E-state index contributed by atoms with van der Waals surface area (Å²) in [7, 11) is 1.71. The van der Waals surface area contributed by atoms with Crippen LogP contribution in [0.2, 0.25) is 0 Å². The Bertz CT molecular complexity index is 198. The van der Waals surface area contributed by atoms with Crippen molar-refractivity contribution in [3.8, 4) is 0 Å². The predicted molar refractivity (Wildman–Crippen MR) is 53.6 cm³/mol. The highest BCUT2D eigenvalue weighted by molar-refractivity contribution is 5.79. The van der Waals surface area contributed by atoms with E-state index in [1.54, 1.807) is 7.11 Å². The zero-order valence-electron chi connectivity index (χ0n) is 8.61. The first-order chi connectivity index (χ1) is 6.63. The molecule has 1 aliphatic rings. The maximum absolute atomic E-state index is 10.7. The Labute approximate surface area is 84.4 Å². The molecule has 5 heteroatoms. The van der Waals surface area contributed by atoms with Gasteiger partial charge in [-0.05, 0) is 18.9 Å². The van der Waals surface area contributed by atoms with Crippen molar-refractivity contribution in [2.45, 2.75) is 12.5 Å². The number of likely N-dealkylation sites (tertiary alicyclic amines) is 1. The third kappa shape index (κ3) is 3.25. The van der Waals surface area contributed by atoms with Gasteiger partial charge in [0.1, 0.15) is 0 Å². The normalized spacial score (nSPS) is 25.1. The molecule has 0 aromatic heterocycles. The number of rotatable bonds is 5. The molecular formula is C9H19N3O2. The number of ether oxygens (including phenoxy) is 1. The lowest BCUT2D eigenvalue weighted by Gasteiger charge is -2.18. The topological polar surface area (TPSA) is 81.6 Å². The van der Waals surface area contributed by atoms with Gasteiger partial charge >= 0.3 is 0 Å². The molecule has 1 amide bonds. The van der Waals surface area contributed by atoms with Crippen LogP contribution >= 0.6 is 0 Å². The van der Waals surface area contributed by atoms with Gasteiger partial charge in [-0.25, -0.2) is 0 Å². The number of primary amides is 1. The van der Waals surface area contributed by atoms with E-state index in [4.69, 9.17) is 16.2 Å². The van der Waals surface area contributed by atoms with Gasteiger partial charge in [0.25, 0.3) is 0 Å². The number of carbonyl (C=O) groups excluding carboxylic acids is 1. The van der Waals surface area contributed by atoms with Crippen molar-refractivity contribution < 1.29 is 9.53 Å². The van der Waals surface area contributed by atoms with Crippen LogP contribution in [0, 0.1) is 5.92 Å². The highest BCUT2D eigenvalue weighted by atomic mass is 16.5. The Morgan fingerprint density at radius 2 is 2.43 bits per heavy atom. The second kappa shape index (κ2) is 5.29. The first-order valence-corrected chi connectivity index (χ1v) is 4.89. The van der Waals surface area contributed by atoms with Crippen LogP contribution in [-0.4, -0.2) is 50.2 Å². The summed E-state index contributed by atoms with van der Waals surface area (Å²) in [5.74, 6) is 0.139. The maximum atomic E-state index is 10.7. The van der Waals surface area contributed by atoms with E-state index in [0.717, 1.165) is 26.1 Å². The quantitative estimate of drug-likeness (QED) is 0.583. The number of hydrogen-bond acceptors (Lipinski definition) is 4. The van der Waals surface area contributed by atoms with Crippen LogP contribution in [0.4, 0.5) is 0 Å². The molecule has 1 heterocycles. The maximum Gasteiger partial charge on any atom is 0.235 e. The molecule has 0 radical (unpaired) electrons. The molecule has 0 spiro atoms. The molecule has 2 atom stereocenters. The molecule has 0 aromatic carbocycles. The number of nitrogens with two attached hydrogens (primary N) is 2. The second-order valence-electron chi connectivity index (χ2n) is 3.88. The van der Waals surface area contributed by atoms with Gasteiger partial charge in [-0.15, -0.1) is 0 Å². The average Bonchev–Trinajstić information content (AvgIpc) is 2.53. The van der Waals surface area contributed by atoms with Crippen molar-refractivity contribution in [1.29, 1.82) is 0 Å². The molecule has 2 unspecified atom stereocenters. The minimum atomic E-state index is -0.545. The Balaban J connectivity index is 2.25. The van der Waals surface area contributed by atoms with Crippen LogP contribution in [0.3, 0.4) is 0 Å². The minimum absolute atomic E-state index is 0.430. The monoisotopic (exact) mass is 201 g/mol. The predicted octanol–water partition coefficient (Wildman–Crippen LogP) is -1.23. The van der Waals surface area contributed by atoms with Gasteiger partial charge in [0.05, 0.1) is 12.6 Å². The summed E-state index contributed by atoms with van der Waals surface area (Å²) in [6, 6.07) is -0.545. The summed E-state index contributed by atoms with van der Waals surface area (Å²) in [6.45, 7) is 3.28. The van der Waals surface area contributed by atoms with E-state index in [0.29, 0.717) is 12.5 Å². The molecular weight excluding hydrogens is 182 g/mol. The van der Waals surface area contributed by atoms with Crippen molar-refractivity contribution >= 4 is 5.91 Å².